The van der Waals surface area contributed by atoms with Crippen molar-refractivity contribution in [2.45, 2.75) is 19.3 Å². The molecule has 0 saturated heterocycles. The van der Waals surface area contributed by atoms with E-state index in [0.29, 0.717) is 11.7 Å². The minimum Gasteiger partial charge on any atom is -0.338 e. The number of nitrogens with zero attached hydrogens (tertiary/aromatic N) is 2. The molecule has 1 heterocycles. The van der Waals surface area contributed by atoms with E-state index >= 15 is 0 Å². The van der Waals surface area contributed by atoms with Gasteiger partial charge in [0.2, 0.25) is 11.7 Å². The van der Waals surface area contributed by atoms with E-state index in [9.17, 15) is 0 Å². The summed E-state index contributed by atoms with van der Waals surface area (Å²) in [7, 11) is 0. The molecule has 2 aromatic carbocycles. The first kappa shape index (κ1) is 14.0. The van der Waals surface area contributed by atoms with E-state index in [1.807, 2.05) is 42.5 Å². The lowest BCUT2D eigenvalue weighted by Gasteiger charge is -2.09. The van der Waals surface area contributed by atoms with Crippen molar-refractivity contribution in [3.05, 3.63) is 70.5 Å². The highest BCUT2D eigenvalue weighted by atomic mass is 79.9. The molecule has 21 heavy (non-hydrogen) atoms. The third-order valence-electron chi connectivity index (χ3n) is 3.45. The van der Waals surface area contributed by atoms with Gasteiger partial charge in [0.15, 0.2) is 0 Å². The van der Waals surface area contributed by atoms with Crippen LogP contribution in [0.3, 0.4) is 0 Å². The zero-order valence-electron chi connectivity index (χ0n) is 11.7. The summed E-state index contributed by atoms with van der Waals surface area (Å²) in [6, 6.07) is 18.2. The van der Waals surface area contributed by atoms with Crippen LogP contribution in [-0.2, 0) is 0 Å². The standard InChI is InChI=1S/C17H15BrN2O/c1-2-15(12-6-4-3-5-7-12)17-19-16(20-21-17)13-8-10-14(18)11-9-13/h3-11,15H,2H2,1H3. The van der Waals surface area contributed by atoms with Gasteiger partial charge in [0, 0.05) is 10.0 Å². The van der Waals surface area contributed by atoms with Gasteiger partial charge in [-0.2, -0.15) is 4.98 Å². The van der Waals surface area contributed by atoms with E-state index in [-0.39, 0.29) is 5.92 Å². The Hall–Kier alpha value is -1.94. The summed E-state index contributed by atoms with van der Waals surface area (Å²) in [5, 5.41) is 4.11. The Labute approximate surface area is 132 Å². The van der Waals surface area contributed by atoms with Crippen LogP contribution < -0.4 is 0 Å². The summed E-state index contributed by atoms with van der Waals surface area (Å²) >= 11 is 3.42. The van der Waals surface area contributed by atoms with Crippen LogP contribution in [0.4, 0.5) is 0 Å². The van der Waals surface area contributed by atoms with Crippen molar-refractivity contribution in [2.75, 3.05) is 0 Å². The van der Waals surface area contributed by atoms with Gasteiger partial charge in [0.1, 0.15) is 0 Å². The molecule has 0 radical (unpaired) electrons. The van der Waals surface area contributed by atoms with E-state index in [2.05, 4.69) is 45.1 Å². The van der Waals surface area contributed by atoms with Crippen molar-refractivity contribution < 1.29 is 4.52 Å². The van der Waals surface area contributed by atoms with Crippen LogP contribution in [0.5, 0.6) is 0 Å². The molecular formula is C17H15BrN2O. The number of rotatable bonds is 4. The predicted molar refractivity (Wildman–Crippen MR) is 86.0 cm³/mol. The Morgan fingerprint density at radius 2 is 1.76 bits per heavy atom. The molecule has 0 aliphatic rings. The quantitative estimate of drug-likeness (QED) is 0.666. The van der Waals surface area contributed by atoms with Crippen molar-refractivity contribution in [3.63, 3.8) is 0 Å². The predicted octanol–water partition coefficient (Wildman–Crippen LogP) is 5.04. The fourth-order valence-corrected chi connectivity index (χ4v) is 2.60. The van der Waals surface area contributed by atoms with Crippen molar-refractivity contribution in [3.8, 4) is 11.4 Å². The van der Waals surface area contributed by atoms with Crippen LogP contribution in [0.1, 0.15) is 30.7 Å². The van der Waals surface area contributed by atoms with Gasteiger partial charge in [0.05, 0.1) is 5.92 Å². The van der Waals surface area contributed by atoms with Gasteiger partial charge in [-0.1, -0.05) is 58.3 Å². The molecule has 0 N–H and O–H groups in total. The van der Waals surface area contributed by atoms with Crippen LogP contribution in [0.25, 0.3) is 11.4 Å². The van der Waals surface area contributed by atoms with Crippen molar-refractivity contribution >= 4 is 15.9 Å². The first-order valence-corrected chi connectivity index (χ1v) is 7.71. The topological polar surface area (TPSA) is 38.9 Å². The zero-order chi connectivity index (χ0) is 14.7. The first-order valence-electron chi connectivity index (χ1n) is 6.92. The molecule has 0 spiro atoms. The first-order chi connectivity index (χ1) is 10.3. The Balaban J connectivity index is 1.92. The second kappa shape index (κ2) is 6.22. The minimum atomic E-state index is 0.142. The molecule has 4 heteroatoms. The number of hydrogen-bond donors (Lipinski definition) is 0. The summed E-state index contributed by atoms with van der Waals surface area (Å²) in [5.74, 6) is 1.44. The van der Waals surface area contributed by atoms with Gasteiger partial charge in [-0.05, 0) is 36.2 Å². The lowest BCUT2D eigenvalue weighted by atomic mass is 9.96. The second-order valence-corrected chi connectivity index (χ2v) is 5.75. The SMILES string of the molecule is CCC(c1ccccc1)c1nc(-c2ccc(Br)cc2)no1. The van der Waals surface area contributed by atoms with Gasteiger partial charge >= 0.3 is 0 Å². The molecule has 3 nitrogen and oxygen atoms in total. The third-order valence-corrected chi connectivity index (χ3v) is 3.98. The Morgan fingerprint density at radius 1 is 1.05 bits per heavy atom. The fourth-order valence-electron chi connectivity index (χ4n) is 2.33. The van der Waals surface area contributed by atoms with Crippen LogP contribution in [0.2, 0.25) is 0 Å². The molecule has 0 bridgehead atoms. The normalized spacial score (nSPS) is 12.3. The number of benzene rings is 2. The van der Waals surface area contributed by atoms with Crippen LogP contribution in [-0.4, -0.2) is 10.1 Å². The highest BCUT2D eigenvalue weighted by Crippen LogP contribution is 2.28. The molecule has 3 aromatic rings. The van der Waals surface area contributed by atoms with Gasteiger partial charge in [-0.3, -0.25) is 0 Å². The number of halogens is 1. The van der Waals surface area contributed by atoms with E-state index in [0.717, 1.165) is 16.5 Å². The summed E-state index contributed by atoms with van der Waals surface area (Å²) in [4.78, 5) is 4.56. The molecule has 0 fully saturated rings. The summed E-state index contributed by atoms with van der Waals surface area (Å²) < 4.78 is 6.52. The van der Waals surface area contributed by atoms with Gasteiger partial charge < -0.3 is 4.52 Å². The lowest BCUT2D eigenvalue weighted by molar-refractivity contribution is 0.363. The zero-order valence-corrected chi connectivity index (χ0v) is 13.2. The highest BCUT2D eigenvalue weighted by Gasteiger charge is 2.19. The van der Waals surface area contributed by atoms with Crippen LogP contribution in [0, 0.1) is 0 Å². The molecule has 1 aromatic heterocycles. The van der Waals surface area contributed by atoms with Crippen molar-refractivity contribution in [1.29, 1.82) is 0 Å². The molecule has 3 rings (SSSR count). The maximum atomic E-state index is 5.48. The van der Waals surface area contributed by atoms with Crippen LogP contribution >= 0.6 is 15.9 Å². The summed E-state index contributed by atoms with van der Waals surface area (Å²) in [6.45, 7) is 2.13. The summed E-state index contributed by atoms with van der Waals surface area (Å²) in [5.41, 5.74) is 2.15. The maximum Gasteiger partial charge on any atom is 0.234 e. The van der Waals surface area contributed by atoms with E-state index in [1.54, 1.807) is 0 Å². The lowest BCUT2D eigenvalue weighted by Crippen LogP contribution is -1.99. The van der Waals surface area contributed by atoms with Crippen molar-refractivity contribution in [2.24, 2.45) is 0 Å². The Morgan fingerprint density at radius 3 is 2.43 bits per heavy atom. The molecule has 0 amide bonds. The number of hydrogen-bond acceptors (Lipinski definition) is 3. The molecule has 1 unspecified atom stereocenters. The maximum absolute atomic E-state index is 5.48. The highest BCUT2D eigenvalue weighted by molar-refractivity contribution is 9.10. The molecule has 0 aliphatic carbocycles. The van der Waals surface area contributed by atoms with E-state index < -0.39 is 0 Å². The third kappa shape index (κ3) is 3.05. The largest absolute Gasteiger partial charge is 0.338 e. The van der Waals surface area contributed by atoms with Crippen molar-refractivity contribution in [1.82, 2.24) is 10.1 Å². The average Bonchev–Trinajstić information content (AvgIpc) is 2.99. The van der Waals surface area contributed by atoms with E-state index in [1.165, 1.54) is 5.56 Å². The van der Waals surface area contributed by atoms with Gasteiger partial charge in [-0.15, -0.1) is 0 Å². The summed E-state index contributed by atoms with van der Waals surface area (Å²) in [6.07, 6.45) is 0.923. The Bertz CT molecular complexity index is 707. The molecule has 1 atom stereocenters. The van der Waals surface area contributed by atoms with Gasteiger partial charge in [0.25, 0.3) is 0 Å². The molecule has 0 aliphatic heterocycles. The number of aromatic nitrogens is 2. The van der Waals surface area contributed by atoms with Crippen LogP contribution in [0.15, 0.2) is 63.6 Å². The van der Waals surface area contributed by atoms with Gasteiger partial charge in [-0.25, -0.2) is 0 Å². The fraction of sp³-hybridized carbons (Fsp3) is 0.176. The smallest absolute Gasteiger partial charge is 0.234 e. The minimum absolute atomic E-state index is 0.142. The molecule has 0 saturated carbocycles. The van der Waals surface area contributed by atoms with E-state index in [4.69, 9.17) is 4.52 Å². The second-order valence-electron chi connectivity index (χ2n) is 4.83. The molecular weight excluding hydrogens is 328 g/mol. The molecule has 106 valence electrons. The average molecular weight is 343 g/mol. The Kier molecular flexibility index (Phi) is 4.15. The monoisotopic (exact) mass is 342 g/mol.